The molecular formula is C12H14N4O. The van der Waals surface area contributed by atoms with Crippen LogP contribution in [-0.4, -0.2) is 26.4 Å². The van der Waals surface area contributed by atoms with Gasteiger partial charge < -0.3 is 14.6 Å². The Morgan fingerprint density at radius 1 is 1.24 bits per heavy atom. The molecule has 0 radical (unpaired) electrons. The van der Waals surface area contributed by atoms with Crippen LogP contribution in [0.25, 0.3) is 0 Å². The zero-order valence-electron chi connectivity index (χ0n) is 9.45. The quantitative estimate of drug-likeness (QED) is 0.828. The number of benzene rings is 1. The van der Waals surface area contributed by atoms with Crippen LogP contribution in [0.15, 0.2) is 30.6 Å². The van der Waals surface area contributed by atoms with Crippen LogP contribution in [0.2, 0.25) is 0 Å². The van der Waals surface area contributed by atoms with Crippen molar-refractivity contribution < 1.29 is 5.11 Å². The Bertz CT molecular complexity index is 523. The van der Waals surface area contributed by atoms with Gasteiger partial charge in [0.15, 0.2) is 5.82 Å². The summed E-state index contributed by atoms with van der Waals surface area (Å²) >= 11 is 0. The summed E-state index contributed by atoms with van der Waals surface area (Å²) in [7, 11) is 0. The van der Waals surface area contributed by atoms with Crippen LogP contribution >= 0.6 is 0 Å². The van der Waals surface area contributed by atoms with Crippen molar-refractivity contribution in [3.05, 3.63) is 42.0 Å². The number of rotatable bonds is 2. The Labute approximate surface area is 99.3 Å². The van der Waals surface area contributed by atoms with Crippen molar-refractivity contribution in [2.24, 2.45) is 0 Å². The first-order valence-electron chi connectivity index (χ1n) is 5.69. The molecule has 1 N–H and O–H groups in total. The molecule has 0 bridgehead atoms. The van der Waals surface area contributed by atoms with Crippen LogP contribution in [0.3, 0.4) is 0 Å². The van der Waals surface area contributed by atoms with Gasteiger partial charge in [0.05, 0.1) is 13.2 Å². The first kappa shape index (κ1) is 10.3. The van der Waals surface area contributed by atoms with Gasteiger partial charge >= 0.3 is 0 Å². The van der Waals surface area contributed by atoms with Crippen molar-refractivity contribution in [1.82, 2.24) is 14.8 Å². The van der Waals surface area contributed by atoms with Gasteiger partial charge in [-0.05, 0) is 6.07 Å². The van der Waals surface area contributed by atoms with E-state index < -0.39 is 0 Å². The van der Waals surface area contributed by atoms with Gasteiger partial charge in [-0.3, -0.25) is 0 Å². The minimum Gasteiger partial charge on any atom is -0.392 e. The average molecular weight is 230 g/mol. The van der Waals surface area contributed by atoms with E-state index in [9.17, 15) is 5.11 Å². The largest absolute Gasteiger partial charge is 0.392 e. The van der Waals surface area contributed by atoms with E-state index in [0.29, 0.717) is 0 Å². The topological polar surface area (TPSA) is 54.2 Å². The minimum absolute atomic E-state index is 0.0688. The number of anilines is 1. The van der Waals surface area contributed by atoms with Gasteiger partial charge in [-0.15, -0.1) is 10.2 Å². The van der Waals surface area contributed by atoms with Crippen molar-refractivity contribution in [2.45, 2.75) is 19.7 Å². The standard InChI is InChI=1S/C12H14N4O/c17-8-10-3-1-2-4-11(10)15-5-6-16-9-13-14-12(16)7-15/h1-4,9,17H,5-8H2. The summed E-state index contributed by atoms with van der Waals surface area (Å²) in [6.07, 6.45) is 1.77. The van der Waals surface area contributed by atoms with Gasteiger partial charge in [-0.1, -0.05) is 18.2 Å². The van der Waals surface area contributed by atoms with Crippen LogP contribution in [0, 0.1) is 0 Å². The molecule has 0 unspecified atom stereocenters. The number of aliphatic hydroxyl groups is 1. The summed E-state index contributed by atoms with van der Waals surface area (Å²) in [4.78, 5) is 2.23. The first-order chi connectivity index (χ1) is 8.38. The maximum atomic E-state index is 9.34. The SMILES string of the molecule is OCc1ccccc1N1CCn2cnnc2C1. The zero-order chi connectivity index (χ0) is 11.7. The molecule has 2 aromatic rings. The maximum Gasteiger partial charge on any atom is 0.152 e. The Morgan fingerprint density at radius 3 is 3.00 bits per heavy atom. The molecule has 0 saturated heterocycles. The van der Waals surface area contributed by atoms with Gasteiger partial charge in [0, 0.05) is 24.3 Å². The molecule has 0 amide bonds. The summed E-state index contributed by atoms with van der Waals surface area (Å²) in [6, 6.07) is 7.93. The molecule has 17 heavy (non-hydrogen) atoms. The van der Waals surface area contributed by atoms with E-state index in [2.05, 4.69) is 19.7 Å². The number of fused-ring (bicyclic) bond motifs is 1. The Morgan fingerprint density at radius 2 is 2.12 bits per heavy atom. The normalized spacial score (nSPS) is 14.8. The predicted octanol–water partition coefficient (Wildman–Crippen LogP) is 0.791. The fourth-order valence-corrected chi connectivity index (χ4v) is 2.22. The van der Waals surface area contributed by atoms with E-state index in [1.807, 2.05) is 24.3 Å². The lowest BCUT2D eigenvalue weighted by Crippen LogP contribution is -2.34. The van der Waals surface area contributed by atoms with Crippen molar-refractivity contribution in [2.75, 3.05) is 11.4 Å². The highest BCUT2D eigenvalue weighted by Gasteiger charge is 2.19. The Hall–Kier alpha value is -1.88. The number of nitrogens with zero attached hydrogens (tertiary/aromatic N) is 4. The fraction of sp³-hybridized carbons (Fsp3) is 0.333. The maximum absolute atomic E-state index is 9.34. The van der Waals surface area contributed by atoms with Gasteiger partial charge in [-0.2, -0.15) is 0 Å². The summed E-state index contributed by atoms with van der Waals surface area (Å²) < 4.78 is 2.07. The highest BCUT2D eigenvalue weighted by Crippen LogP contribution is 2.23. The smallest absolute Gasteiger partial charge is 0.152 e. The van der Waals surface area contributed by atoms with Crippen LogP contribution < -0.4 is 4.90 Å². The van der Waals surface area contributed by atoms with Crippen molar-refractivity contribution in [1.29, 1.82) is 0 Å². The molecular weight excluding hydrogens is 216 g/mol. The molecule has 88 valence electrons. The Kier molecular flexibility index (Phi) is 2.53. The third-order valence-corrected chi connectivity index (χ3v) is 3.14. The lowest BCUT2D eigenvalue weighted by atomic mass is 10.1. The molecule has 1 aromatic carbocycles. The molecule has 2 heterocycles. The molecule has 0 atom stereocenters. The molecule has 1 aliphatic heterocycles. The van der Waals surface area contributed by atoms with E-state index in [-0.39, 0.29) is 6.61 Å². The zero-order valence-corrected chi connectivity index (χ0v) is 9.45. The molecule has 3 rings (SSSR count). The third kappa shape index (κ3) is 1.78. The predicted molar refractivity (Wildman–Crippen MR) is 63.4 cm³/mol. The second-order valence-corrected chi connectivity index (χ2v) is 4.15. The summed E-state index contributed by atoms with van der Waals surface area (Å²) in [5.74, 6) is 0.976. The van der Waals surface area contributed by atoms with Crippen LogP contribution in [0.4, 0.5) is 5.69 Å². The summed E-state index contributed by atoms with van der Waals surface area (Å²) in [5.41, 5.74) is 2.05. The first-order valence-corrected chi connectivity index (χ1v) is 5.69. The lowest BCUT2D eigenvalue weighted by molar-refractivity contribution is 0.282. The highest BCUT2D eigenvalue weighted by molar-refractivity contribution is 5.53. The summed E-state index contributed by atoms with van der Waals surface area (Å²) in [5, 5.41) is 17.4. The second kappa shape index (κ2) is 4.18. The molecule has 0 fully saturated rings. The summed E-state index contributed by atoms with van der Waals surface area (Å²) in [6.45, 7) is 2.63. The van der Waals surface area contributed by atoms with Crippen LogP contribution in [0.5, 0.6) is 0 Å². The monoisotopic (exact) mass is 230 g/mol. The number of hydrogen-bond donors (Lipinski definition) is 1. The van der Waals surface area contributed by atoms with Crippen molar-refractivity contribution in [3.8, 4) is 0 Å². The molecule has 5 nitrogen and oxygen atoms in total. The number of hydrogen-bond acceptors (Lipinski definition) is 4. The van der Waals surface area contributed by atoms with Gasteiger partial charge in [0.2, 0.25) is 0 Å². The molecule has 5 heteroatoms. The minimum atomic E-state index is 0.0688. The van der Waals surface area contributed by atoms with E-state index in [1.54, 1.807) is 6.33 Å². The van der Waals surface area contributed by atoms with Gasteiger partial charge in [-0.25, -0.2) is 0 Å². The number of para-hydroxylation sites is 1. The highest BCUT2D eigenvalue weighted by atomic mass is 16.3. The molecule has 0 aliphatic carbocycles. The van der Waals surface area contributed by atoms with E-state index in [0.717, 1.165) is 36.7 Å². The fourth-order valence-electron chi connectivity index (χ4n) is 2.22. The van der Waals surface area contributed by atoms with Crippen molar-refractivity contribution >= 4 is 5.69 Å². The number of aromatic nitrogens is 3. The van der Waals surface area contributed by atoms with E-state index >= 15 is 0 Å². The third-order valence-electron chi connectivity index (χ3n) is 3.14. The van der Waals surface area contributed by atoms with E-state index in [1.165, 1.54) is 0 Å². The van der Waals surface area contributed by atoms with Crippen molar-refractivity contribution in [3.63, 3.8) is 0 Å². The van der Waals surface area contributed by atoms with E-state index in [4.69, 9.17) is 0 Å². The Balaban J connectivity index is 1.91. The second-order valence-electron chi connectivity index (χ2n) is 4.15. The molecule has 1 aliphatic rings. The van der Waals surface area contributed by atoms with Crippen LogP contribution in [0.1, 0.15) is 11.4 Å². The number of aliphatic hydroxyl groups excluding tert-OH is 1. The molecule has 0 spiro atoms. The van der Waals surface area contributed by atoms with Gasteiger partial charge in [0.25, 0.3) is 0 Å². The van der Waals surface area contributed by atoms with Crippen LogP contribution in [-0.2, 0) is 19.7 Å². The lowest BCUT2D eigenvalue weighted by Gasteiger charge is -2.30. The molecule has 0 saturated carbocycles. The molecule has 1 aromatic heterocycles. The van der Waals surface area contributed by atoms with Gasteiger partial charge in [0.1, 0.15) is 6.33 Å². The average Bonchev–Trinajstić information content (AvgIpc) is 2.85.